The average molecular weight is 318 g/mol. The molecule has 102 valence electrons. The largest absolute Gasteiger partial charge is 0.481 e. The van der Waals surface area contributed by atoms with Crippen molar-refractivity contribution in [3.8, 4) is 0 Å². The smallest absolute Gasteiger partial charge is 0.304 e. The van der Waals surface area contributed by atoms with Crippen LogP contribution in [-0.4, -0.2) is 38.3 Å². The maximum Gasteiger partial charge on any atom is 0.304 e. The molecule has 0 spiro atoms. The third kappa shape index (κ3) is 3.81. The van der Waals surface area contributed by atoms with Crippen LogP contribution in [0.1, 0.15) is 31.7 Å². The number of hydrogen-bond donors (Lipinski definition) is 1. The molecule has 0 bridgehead atoms. The molecule has 0 saturated carbocycles. The Morgan fingerprint density at radius 3 is 2.56 bits per heavy atom. The van der Waals surface area contributed by atoms with Crippen molar-refractivity contribution in [2.75, 3.05) is 6.54 Å². The first-order chi connectivity index (χ1) is 8.32. The zero-order valence-corrected chi connectivity index (χ0v) is 12.9. The minimum absolute atomic E-state index is 0.159. The van der Waals surface area contributed by atoms with Crippen molar-refractivity contribution in [3.05, 3.63) is 15.9 Å². The monoisotopic (exact) mass is 317 g/mol. The molecule has 0 unspecified atom stereocenters. The molecular formula is C12H20BrN3O2. The molecule has 5 nitrogen and oxygen atoms in total. The van der Waals surface area contributed by atoms with Crippen LogP contribution in [0.5, 0.6) is 0 Å². The Morgan fingerprint density at radius 1 is 1.56 bits per heavy atom. The topological polar surface area (TPSA) is 58.4 Å². The Hall–Kier alpha value is -0.880. The first-order valence-electron chi connectivity index (χ1n) is 5.96. The normalized spacial score (nSPS) is 11.5. The Bertz CT molecular complexity index is 429. The first-order valence-corrected chi connectivity index (χ1v) is 6.76. The highest BCUT2D eigenvalue weighted by Gasteiger charge is 2.17. The van der Waals surface area contributed by atoms with Crippen molar-refractivity contribution in [1.29, 1.82) is 0 Å². The maximum atomic E-state index is 10.7. The highest BCUT2D eigenvalue weighted by Crippen LogP contribution is 2.22. The summed E-state index contributed by atoms with van der Waals surface area (Å²) in [6.07, 6.45) is 0.159. The van der Waals surface area contributed by atoms with Crippen molar-refractivity contribution in [1.82, 2.24) is 14.7 Å². The fourth-order valence-corrected chi connectivity index (χ4v) is 2.26. The van der Waals surface area contributed by atoms with Gasteiger partial charge in [0.05, 0.1) is 22.3 Å². The van der Waals surface area contributed by atoms with Crippen LogP contribution in [0.25, 0.3) is 0 Å². The fourth-order valence-electron chi connectivity index (χ4n) is 1.80. The molecule has 1 aromatic rings. The summed E-state index contributed by atoms with van der Waals surface area (Å²) in [5.74, 6) is -0.763. The number of halogens is 1. The second-order valence-electron chi connectivity index (χ2n) is 4.68. The molecule has 1 rings (SSSR count). The lowest BCUT2D eigenvalue weighted by Crippen LogP contribution is -2.33. The number of nitrogens with zero attached hydrogens (tertiary/aromatic N) is 3. The standard InChI is InChI=1S/C12H20BrN3O2/c1-8(2)16(6-5-11(17)18)7-10-12(13)9(3)14-15(10)4/h8H,5-7H2,1-4H3,(H,17,18). The van der Waals surface area contributed by atoms with Crippen LogP contribution in [0.4, 0.5) is 0 Å². The lowest BCUT2D eigenvalue weighted by Gasteiger charge is -2.25. The molecule has 0 aromatic carbocycles. The van der Waals surface area contributed by atoms with Gasteiger partial charge in [0.25, 0.3) is 0 Å². The highest BCUT2D eigenvalue weighted by molar-refractivity contribution is 9.10. The van der Waals surface area contributed by atoms with Crippen LogP contribution in [0.3, 0.4) is 0 Å². The number of aryl methyl sites for hydroxylation is 2. The second-order valence-corrected chi connectivity index (χ2v) is 5.47. The van der Waals surface area contributed by atoms with Gasteiger partial charge in [0.2, 0.25) is 0 Å². The molecule has 0 aliphatic carbocycles. The lowest BCUT2D eigenvalue weighted by atomic mass is 10.2. The summed E-state index contributed by atoms with van der Waals surface area (Å²) >= 11 is 3.53. The SMILES string of the molecule is Cc1nn(C)c(CN(CCC(=O)O)C(C)C)c1Br. The summed E-state index contributed by atoms with van der Waals surface area (Å²) in [6.45, 7) is 7.33. The predicted molar refractivity (Wildman–Crippen MR) is 73.4 cm³/mol. The molecule has 1 N–H and O–H groups in total. The molecule has 0 saturated heterocycles. The minimum atomic E-state index is -0.763. The lowest BCUT2D eigenvalue weighted by molar-refractivity contribution is -0.137. The van der Waals surface area contributed by atoms with Gasteiger partial charge in [-0.15, -0.1) is 0 Å². The van der Waals surface area contributed by atoms with E-state index in [-0.39, 0.29) is 6.42 Å². The van der Waals surface area contributed by atoms with E-state index in [1.165, 1.54) is 0 Å². The Labute approximate surface area is 116 Å². The predicted octanol–water partition coefficient (Wildman–Crippen LogP) is 2.18. The minimum Gasteiger partial charge on any atom is -0.481 e. The van der Waals surface area contributed by atoms with E-state index in [1.807, 2.05) is 18.7 Å². The van der Waals surface area contributed by atoms with E-state index >= 15 is 0 Å². The number of carboxylic acid groups (broad SMARTS) is 1. The van der Waals surface area contributed by atoms with Crippen molar-refractivity contribution < 1.29 is 9.90 Å². The van der Waals surface area contributed by atoms with Crippen molar-refractivity contribution >= 4 is 21.9 Å². The molecule has 0 amide bonds. The zero-order valence-electron chi connectivity index (χ0n) is 11.3. The Morgan fingerprint density at radius 2 is 2.17 bits per heavy atom. The van der Waals surface area contributed by atoms with Gasteiger partial charge in [-0.2, -0.15) is 5.10 Å². The zero-order chi connectivity index (χ0) is 13.9. The maximum absolute atomic E-state index is 10.7. The molecule has 0 atom stereocenters. The van der Waals surface area contributed by atoms with Gasteiger partial charge in [-0.25, -0.2) is 0 Å². The molecule has 1 heterocycles. The first kappa shape index (κ1) is 15.2. The summed E-state index contributed by atoms with van der Waals surface area (Å²) in [5.41, 5.74) is 2.03. The van der Waals surface area contributed by atoms with E-state index in [0.29, 0.717) is 19.1 Å². The molecular weight excluding hydrogens is 298 g/mol. The number of aliphatic carboxylic acids is 1. The molecule has 0 fully saturated rings. The molecule has 0 aliphatic rings. The van der Waals surface area contributed by atoms with Gasteiger partial charge < -0.3 is 5.11 Å². The highest BCUT2D eigenvalue weighted by atomic mass is 79.9. The van der Waals surface area contributed by atoms with Gasteiger partial charge in [-0.1, -0.05) is 0 Å². The van der Waals surface area contributed by atoms with Gasteiger partial charge in [0.15, 0.2) is 0 Å². The summed E-state index contributed by atoms with van der Waals surface area (Å²) in [5, 5.41) is 13.1. The van der Waals surface area contributed by atoms with Crippen LogP contribution in [-0.2, 0) is 18.4 Å². The Kier molecular flexibility index (Phi) is 5.34. The van der Waals surface area contributed by atoms with Crippen molar-refractivity contribution in [2.24, 2.45) is 7.05 Å². The number of carbonyl (C=O) groups is 1. The molecule has 18 heavy (non-hydrogen) atoms. The van der Waals surface area contributed by atoms with Crippen LogP contribution < -0.4 is 0 Å². The quantitative estimate of drug-likeness (QED) is 0.873. The fraction of sp³-hybridized carbons (Fsp3) is 0.667. The van der Waals surface area contributed by atoms with E-state index in [0.717, 1.165) is 15.9 Å². The van der Waals surface area contributed by atoms with Crippen LogP contribution in [0, 0.1) is 6.92 Å². The van der Waals surface area contributed by atoms with E-state index in [1.54, 1.807) is 0 Å². The van der Waals surface area contributed by atoms with Gasteiger partial charge >= 0.3 is 5.97 Å². The number of hydrogen-bond acceptors (Lipinski definition) is 3. The molecule has 1 aromatic heterocycles. The van der Waals surface area contributed by atoms with E-state index in [4.69, 9.17) is 5.11 Å². The Balaban J connectivity index is 2.80. The molecule has 6 heteroatoms. The summed E-state index contributed by atoms with van der Waals surface area (Å²) in [6, 6.07) is 0.298. The number of aromatic nitrogens is 2. The summed E-state index contributed by atoms with van der Waals surface area (Å²) in [7, 11) is 1.91. The third-order valence-electron chi connectivity index (χ3n) is 2.96. The van der Waals surface area contributed by atoms with Crippen LogP contribution >= 0.6 is 15.9 Å². The summed E-state index contributed by atoms with van der Waals surface area (Å²) < 4.78 is 2.85. The van der Waals surface area contributed by atoms with Crippen LogP contribution in [0.15, 0.2) is 4.47 Å². The second kappa shape index (κ2) is 6.33. The van der Waals surface area contributed by atoms with Gasteiger partial charge in [0, 0.05) is 26.2 Å². The molecule has 0 radical (unpaired) electrons. The van der Waals surface area contributed by atoms with Crippen molar-refractivity contribution in [2.45, 2.75) is 39.8 Å². The van der Waals surface area contributed by atoms with Crippen molar-refractivity contribution in [3.63, 3.8) is 0 Å². The third-order valence-corrected chi connectivity index (χ3v) is 3.99. The average Bonchev–Trinajstić information content (AvgIpc) is 2.49. The van der Waals surface area contributed by atoms with E-state index < -0.39 is 5.97 Å². The van der Waals surface area contributed by atoms with Gasteiger partial charge in [0.1, 0.15) is 0 Å². The molecule has 0 aliphatic heterocycles. The van der Waals surface area contributed by atoms with E-state index in [9.17, 15) is 4.79 Å². The summed E-state index contributed by atoms with van der Waals surface area (Å²) in [4.78, 5) is 12.8. The van der Waals surface area contributed by atoms with Gasteiger partial charge in [-0.05, 0) is 36.7 Å². The van der Waals surface area contributed by atoms with E-state index in [2.05, 4.69) is 39.8 Å². The number of rotatable bonds is 6. The van der Waals surface area contributed by atoms with Gasteiger partial charge in [-0.3, -0.25) is 14.4 Å². The van der Waals surface area contributed by atoms with Crippen LogP contribution in [0.2, 0.25) is 0 Å². The number of carboxylic acids is 1.